The zero-order valence-corrected chi connectivity index (χ0v) is 6.65. The van der Waals surface area contributed by atoms with E-state index >= 15 is 0 Å². The number of hydrogen-bond donors (Lipinski definition) is 0. The van der Waals surface area contributed by atoms with Gasteiger partial charge in [-0.1, -0.05) is 11.6 Å². The van der Waals surface area contributed by atoms with Gasteiger partial charge in [0.15, 0.2) is 0 Å². The van der Waals surface area contributed by atoms with Gasteiger partial charge in [-0.05, 0) is 6.92 Å². The molecule has 1 aromatic heterocycles. The summed E-state index contributed by atoms with van der Waals surface area (Å²) < 4.78 is 25.4. The summed E-state index contributed by atoms with van der Waals surface area (Å²) in [5.41, 5.74) is -0.200. The molecule has 0 spiro atoms. The quantitative estimate of drug-likeness (QED) is 0.684. The van der Waals surface area contributed by atoms with E-state index in [4.69, 9.17) is 11.6 Å². The summed E-state index contributed by atoms with van der Waals surface area (Å²) in [6, 6.07) is 0. The van der Waals surface area contributed by atoms with E-state index in [-0.39, 0.29) is 10.7 Å². The lowest BCUT2D eigenvalue weighted by Crippen LogP contribution is -1.95. The van der Waals surface area contributed by atoms with Crippen molar-refractivity contribution in [3.8, 4) is 0 Å². The molecule has 0 aliphatic heterocycles. The highest BCUT2D eigenvalue weighted by atomic mass is 35.5. The second-order valence-corrected chi connectivity index (χ2v) is 2.37. The van der Waals surface area contributed by atoms with Gasteiger partial charge in [0.1, 0.15) is 5.15 Å². The number of rotatable bonds is 2. The zero-order chi connectivity index (χ0) is 8.43. The summed E-state index contributed by atoms with van der Waals surface area (Å²) in [4.78, 5) is 0. The Morgan fingerprint density at radius 3 is 2.64 bits per heavy atom. The Hall–Kier alpha value is -0.640. The molecule has 0 aromatic carbocycles. The summed E-state index contributed by atoms with van der Waals surface area (Å²) in [7, 11) is 0. The molecular weight excluding hydrogens is 174 g/mol. The Kier molecular flexibility index (Phi) is 2.44. The molecule has 5 heteroatoms. The highest BCUT2D eigenvalue weighted by Gasteiger charge is 2.15. The minimum atomic E-state index is -2.54. The molecule has 0 bridgehead atoms. The summed E-state index contributed by atoms with van der Waals surface area (Å²) >= 11 is 5.54. The fourth-order valence-corrected chi connectivity index (χ4v) is 1.05. The average Bonchev–Trinajstić information content (AvgIpc) is 2.30. The second kappa shape index (κ2) is 3.17. The molecule has 0 N–H and O–H groups in total. The number of hydrogen-bond acceptors (Lipinski definition) is 1. The van der Waals surface area contributed by atoms with E-state index in [2.05, 4.69) is 5.10 Å². The van der Waals surface area contributed by atoms with Crippen molar-refractivity contribution in [3.05, 3.63) is 16.9 Å². The molecule has 0 aliphatic rings. The van der Waals surface area contributed by atoms with Crippen molar-refractivity contribution in [2.45, 2.75) is 19.9 Å². The van der Waals surface area contributed by atoms with Crippen molar-refractivity contribution in [1.29, 1.82) is 0 Å². The summed E-state index contributed by atoms with van der Waals surface area (Å²) in [5, 5.41) is 3.69. The predicted octanol–water partition coefficient (Wildman–Crippen LogP) is 2.49. The van der Waals surface area contributed by atoms with Gasteiger partial charge in [0.05, 0.1) is 11.8 Å². The summed E-state index contributed by atoms with van der Waals surface area (Å²) in [6.07, 6.45) is -1.45. The molecule has 1 aromatic rings. The van der Waals surface area contributed by atoms with Gasteiger partial charge in [-0.3, -0.25) is 4.68 Å². The average molecular weight is 181 g/mol. The molecular formula is C6H7ClF2N2. The Balaban J connectivity index is 3.00. The first-order chi connectivity index (χ1) is 5.16. The van der Waals surface area contributed by atoms with E-state index in [1.807, 2.05) is 0 Å². The standard InChI is InChI=1S/C6H7ClF2N2/c1-2-11-5(7)4(3-10-11)6(8)9/h3,6H,2H2,1H3. The van der Waals surface area contributed by atoms with Crippen LogP contribution in [0.4, 0.5) is 8.78 Å². The van der Waals surface area contributed by atoms with Gasteiger partial charge in [-0.15, -0.1) is 0 Å². The molecule has 1 rings (SSSR count). The Morgan fingerprint density at radius 1 is 1.73 bits per heavy atom. The number of aromatic nitrogens is 2. The van der Waals surface area contributed by atoms with E-state index in [1.165, 1.54) is 4.68 Å². The lowest BCUT2D eigenvalue weighted by atomic mass is 10.4. The molecule has 62 valence electrons. The highest BCUT2D eigenvalue weighted by molar-refractivity contribution is 6.30. The number of aryl methyl sites for hydroxylation is 1. The molecule has 11 heavy (non-hydrogen) atoms. The molecule has 1 heterocycles. The van der Waals surface area contributed by atoms with Gasteiger partial charge >= 0.3 is 0 Å². The van der Waals surface area contributed by atoms with Crippen molar-refractivity contribution in [2.24, 2.45) is 0 Å². The fraction of sp³-hybridized carbons (Fsp3) is 0.500. The number of alkyl halides is 2. The molecule has 0 aliphatic carbocycles. The van der Waals surface area contributed by atoms with E-state index < -0.39 is 6.43 Å². The van der Waals surface area contributed by atoms with E-state index in [0.29, 0.717) is 6.54 Å². The first-order valence-corrected chi connectivity index (χ1v) is 3.54. The van der Waals surface area contributed by atoms with Crippen molar-refractivity contribution in [1.82, 2.24) is 9.78 Å². The Bertz CT molecular complexity index is 247. The molecule has 0 radical (unpaired) electrons. The van der Waals surface area contributed by atoms with Gasteiger partial charge < -0.3 is 0 Å². The third-order valence-electron chi connectivity index (χ3n) is 1.34. The smallest absolute Gasteiger partial charge is 0.254 e. The van der Waals surface area contributed by atoms with Crippen LogP contribution in [0.5, 0.6) is 0 Å². The van der Waals surface area contributed by atoms with Crippen molar-refractivity contribution >= 4 is 11.6 Å². The highest BCUT2D eigenvalue weighted by Crippen LogP contribution is 2.25. The third-order valence-corrected chi connectivity index (χ3v) is 1.75. The molecule has 0 atom stereocenters. The van der Waals surface area contributed by atoms with Crippen LogP contribution in [-0.4, -0.2) is 9.78 Å². The lowest BCUT2D eigenvalue weighted by molar-refractivity contribution is 0.151. The molecule has 0 amide bonds. The first-order valence-electron chi connectivity index (χ1n) is 3.16. The monoisotopic (exact) mass is 180 g/mol. The van der Waals surface area contributed by atoms with Gasteiger partial charge in [-0.2, -0.15) is 5.10 Å². The topological polar surface area (TPSA) is 17.8 Å². The minimum Gasteiger partial charge on any atom is -0.254 e. The maximum absolute atomic E-state index is 12.0. The summed E-state index contributed by atoms with van der Waals surface area (Å²) in [6.45, 7) is 2.29. The van der Waals surface area contributed by atoms with Crippen LogP contribution in [0.2, 0.25) is 5.15 Å². The van der Waals surface area contributed by atoms with Crippen LogP contribution >= 0.6 is 11.6 Å². The Labute approximate surface area is 67.8 Å². The fourth-order valence-electron chi connectivity index (χ4n) is 0.752. The molecule has 0 fully saturated rings. The normalized spacial score (nSPS) is 11.0. The van der Waals surface area contributed by atoms with E-state index in [0.717, 1.165) is 6.20 Å². The number of nitrogens with zero attached hydrogens (tertiary/aromatic N) is 2. The third kappa shape index (κ3) is 1.50. The minimum absolute atomic E-state index is 0.0301. The van der Waals surface area contributed by atoms with Crippen LogP contribution in [0.3, 0.4) is 0 Å². The van der Waals surface area contributed by atoms with Crippen LogP contribution in [-0.2, 0) is 6.54 Å². The van der Waals surface area contributed by atoms with Crippen LogP contribution < -0.4 is 0 Å². The molecule has 0 saturated heterocycles. The maximum Gasteiger partial charge on any atom is 0.268 e. The van der Waals surface area contributed by atoms with Crippen molar-refractivity contribution in [3.63, 3.8) is 0 Å². The molecule has 0 unspecified atom stereocenters. The van der Waals surface area contributed by atoms with Gasteiger partial charge in [-0.25, -0.2) is 8.78 Å². The molecule has 0 saturated carbocycles. The number of halogens is 3. The first kappa shape index (κ1) is 8.46. The van der Waals surface area contributed by atoms with Crippen LogP contribution in [0, 0.1) is 0 Å². The van der Waals surface area contributed by atoms with E-state index in [1.54, 1.807) is 6.92 Å². The lowest BCUT2D eigenvalue weighted by Gasteiger charge is -1.97. The van der Waals surface area contributed by atoms with Crippen molar-refractivity contribution in [2.75, 3.05) is 0 Å². The SMILES string of the molecule is CCn1ncc(C(F)F)c1Cl. The van der Waals surface area contributed by atoms with Crippen molar-refractivity contribution < 1.29 is 8.78 Å². The van der Waals surface area contributed by atoms with E-state index in [9.17, 15) is 8.78 Å². The largest absolute Gasteiger partial charge is 0.268 e. The second-order valence-electron chi connectivity index (χ2n) is 2.01. The van der Waals surface area contributed by atoms with Gasteiger partial charge in [0, 0.05) is 6.54 Å². The van der Waals surface area contributed by atoms with Gasteiger partial charge in [0.25, 0.3) is 6.43 Å². The molecule has 2 nitrogen and oxygen atoms in total. The maximum atomic E-state index is 12.0. The predicted molar refractivity (Wildman–Crippen MR) is 37.9 cm³/mol. The van der Waals surface area contributed by atoms with Crippen LogP contribution in [0.1, 0.15) is 18.9 Å². The Morgan fingerprint density at radius 2 is 2.36 bits per heavy atom. The van der Waals surface area contributed by atoms with Crippen LogP contribution in [0.25, 0.3) is 0 Å². The van der Waals surface area contributed by atoms with Gasteiger partial charge in [0.2, 0.25) is 0 Å². The zero-order valence-electron chi connectivity index (χ0n) is 5.89. The van der Waals surface area contributed by atoms with Crippen LogP contribution in [0.15, 0.2) is 6.20 Å². The summed E-state index contributed by atoms with van der Waals surface area (Å²) in [5.74, 6) is 0.